The molecule has 3 N–H and O–H groups in total. The number of hydrogen-bond donors (Lipinski definition) is 2. The lowest BCUT2D eigenvalue weighted by Crippen LogP contribution is -2.20. The molecule has 0 bridgehead atoms. The lowest BCUT2D eigenvalue weighted by Gasteiger charge is -2.31. The molecule has 2 aromatic rings. The number of benzene rings is 2. The summed E-state index contributed by atoms with van der Waals surface area (Å²) in [5.41, 5.74) is 12.4. The second-order valence-electron chi connectivity index (χ2n) is 9.91. The first-order chi connectivity index (χ1) is 14.0. The topological polar surface area (TPSA) is 46.2 Å². The fourth-order valence-corrected chi connectivity index (χ4v) is 5.58. The van der Waals surface area contributed by atoms with E-state index in [0.29, 0.717) is 17.6 Å². The van der Waals surface area contributed by atoms with Crippen LogP contribution in [0.25, 0.3) is 0 Å². The summed E-state index contributed by atoms with van der Waals surface area (Å²) >= 11 is 0. The van der Waals surface area contributed by atoms with E-state index in [4.69, 9.17) is 5.73 Å². The zero-order valence-corrected chi connectivity index (χ0v) is 18.2. The third kappa shape index (κ3) is 4.17. The zero-order valence-electron chi connectivity index (χ0n) is 18.2. The van der Waals surface area contributed by atoms with Crippen LogP contribution in [0.4, 0.5) is 5.69 Å². The standard InChI is InChI=1S/C27H37NO/c1-27(2,21-13-15-25(28)23(17-21)19-9-5-3-6-10-19)22-14-16-26(29)24(18-22)20-11-7-4-8-12-20/h13-20,29H,3-12,28H2,1-2H3. The predicted molar refractivity (Wildman–Crippen MR) is 123 cm³/mol. The van der Waals surface area contributed by atoms with E-state index < -0.39 is 0 Å². The molecule has 0 saturated heterocycles. The van der Waals surface area contributed by atoms with E-state index in [9.17, 15) is 5.11 Å². The van der Waals surface area contributed by atoms with E-state index in [1.165, 1.54) is 80.9 Å². The van der Waals surface area contributed by atoms with Gasteiger partial charge in [-0.3, -0.25) is 0 Å². The average Bonchev–Trinajstić information content (AvgIpc) is 2.75. The van der Waals surface area contributed by atoms with Crippen LogP contribution in [-0.2, 0) is 5.41 Å². The van der Waals surface area contributed by atoms with Crippen LogP contribution in [0, 0.1) is 0 Å². The van der Waals surface area contributed by atoms with E-state index in [1.807, 2.05) is 6.07 Å². The Bertz CT molecular complexity index is 772. The molecule has 2 heteroatoms. The van der Waals surface area contributed by atoms with Gasteiger partial charge in [0.25, 0.3) is 0 Å². The predicted octanol–water partition coefficient (Wildman–Crippen LogP) is 7.40. The summed E-state index contributed by atoms with van der Waals surface area (Å²) in [7, 11) is 0. The number of rotatable bonds is 4. The van der Waals surface area contributed by atoms with Gasteiger partial charge in [-0.1, -0.05) is 76.6 Å². The van der Waals surface area contributed by atoms with Gasteiger partial charge in [0.1, 0.15) is 5.75 Å². The smallest absolute Gasteiger partial charge is 0.119 e. The molecule has 0 amide bonds. The number of phenolic OH excluding ortho intramolecular Hbond substituents is 1. The summed E-state index contributed by atoms with van der Waals surface area (Å²) in [6, 6.07) is 13.0. The zero-order chi connectivity index (χ0) is 20.4. The maximum Gasteiger partial charge on any atom is 0.119 e. The van der Waals surface area contributed by atoms with Crippen molar-refractivity contribution in [2.75, 3.05) is 5.73 Å². The molecule has 156 valence electrons. The maximum absolute atomic E-state index is 10.6. The van der Waals surface area contributed by atoms with Gasteiger partial charge < -0.3 is 10.8 Å². The number of nitrogens with two attached hydrogens (primary N) is 1. The van der Waals surface area contributed by atoms with Crippen LogP contribution in [0.5, 0.6) is 5.75 Å². The number of aromatic hydroxyl groups is 1. The highest BCUT2D eigenvalue weighted by atomic mass is 16.3. The Hall–Kier alpha value is -1.96. The van der Waals surface area contributed by atoms with Gasteiger partial charge in [0.15, 0.2) is 0 Å². The molecule has 2 aliphatic rings. The summed E-state index contributed by atoms with van der Waals surface area (Å²) in [5.74, 6) is 1.58. The molecule has 2 aliphatic carbocycles. The van der Waals surface area contributed by atoms with E-state index in [0.717, 1.165) is 11.3 Å². The molecule has 2 aromatic carbocycles. The van der Waals surface area contributed by atoms with Crippen molar-refractivity contribution in [2.45, 2.75) is 95.3 Å². The highest BCUT2D eigenvalue weighted by Gasteiger charge is 2.28. The Balaban J connectivity index is 1.67. The SMILES string of the molecule is CC(C)(c1ccc(N)c(C2CCCCC2)c1)c1ccc(O)c(C2CCCCC2)c1. The minimum absolute atomic E-state index is 0.117. The third-order valence-corrected chi connectivity index (χ3v) is 7.65. The van der Waals surface area contributed by atoms with E-state index in [-0.39, 0.29) is 5.41 Å². The Morgan fingerprint density at radius 3 is 1.79 bits per heavy atom. The van der Waals surface area contributed by atoms with Gasteiger partial charge in [0.2, 0.25) is 0 Å². The second kappa shape index (κ2) is 8.42. The molecule has 2 saturated carbocycles. The Morgan fingerprint density at radius 1 is 0.724 bits per heavy atom. The van der Waals surface area contributed by atoms with Crippen LogP contribution < -0.4 is 5.73 Å². The van der Waals surface area contributed by atoms with Crippen molar-refractivity contribution in [1.82, 2.24) is 0 Å². The number of nitrogen functional groups attached to an aromatic ring is 1. The molecule has 4 rings (SSSR count). The van der Waals surface area contributed by atoms with E-state index >= 15 is 0 Å². The average molecular weight is 392 g/mol. The molecule has 0 heterocycles. The summed E-state index contributed by atoms with van der Waals surface area (Å²) in [5, 5.41) is 10.6. The lowest BCUT2D eigenvalue weighted by molar-refractivity contribution is 0.413. The van der Waals surface area contributed by atoms with Crippen molar-refractivity contribution in [2.24, 2.45) is 0 Å². The summed E-state index contributed by atoms with van der Waals surface area (Å²) in [4.78, 5) is 0. The van der Waals surface area contributed by atoms with Crippen molar-refractivity contribution < 1.29 is 5.11 Å². The molecule has 0 unspecified atom stereocenters. The van der Waals surface area contributed by atoms with Gasteiger partial charge in [-0.25, -0.2) is 0 Å². The largest absolute Gasteiger partial charge is 0.508 e. The van der Waals surface area contributed by atoms with Gasteiger partial charge >= 0.3 is 0 Å². The minimum Gasteiger partial charge on any atom is -0.508 e. The second-order valence-corrected chi connectivity index (χ2v) is 9.91. The fraction of sp³-hybridized carbons (Fsp3) is 0.556. The van der Waals surface area contributed by atoms with Crippen molar-refractivity contribution in [1.29, 1.82) is 0 Å². The van der Waals surface area contributed by atoms with Gasteiger partial charge in [-0.05, 0) is 71.9 Å². The molecule has 0 spiro atoms. The molecule has 29 heavy (non-hydrogen) atoms. The van der Waals surface area contributed by atoms with Crippen molar-refractivity contribution in [3.05, 3.63) is 58.7 Å². The highest BCUT2D eigenvalue weighted by molar-refractivity contribution is 5.54. The van der Waals surface area contributed by atoms with E-state index in [2.05, 4.69) is 44.2 Å². The van der Waals surface area contributed by atoms with E-state index in [1.54, 1.807) is 0 Å². The van der Waals surface area contributed by atoms with Crippen LogP contribution in [-0.4, -0.2) is 5.11 Å². The minimum atomic E-state index is -0.117. The third-order valence-electron chi connectivity index (χ3n) is 7.65. The van der Waals surface area contributed by atoms with Crippen molar-refractivity contribution in [3.63, 3.8) is 0 Å². The van der Waals surface area contributed by atoms with Gasteiger partial charge in [0, 0.05) is 11.1 Å². The first kappa shape index (κ1) is 20.3. The quantitative estimate of drug-likeness (QED) is 0.533. The Morgan fingerprint density at radius 2 is 1.21 bits per heavy atom. The highest BCUT2D eigenvalue weighted by Crippen LogP contribution is 2.42. The Labute approximate surface area is 176 Å². The van der Waals surface area contributed by atoms with Crippen LogP contribution in [0.2, 0.25) is 0 Å². The van der Waals surface area contributed by atoms with Crippen LogP contribution in [0.15, 0.2) is 36.4 Å². The molecule has 2 fully saturated rings. The van der Waals surface area contributed by atoms with Crippen LogP contribution >= 0.6 is 0 Å². The van der Waals surface area contributed by atoms with Crippen LogP contribution in [0.1, 0.15) is 112 Å². The molecule has 0 aliphatic heterocycles. The summed E-state index contributed by atoms with van der Waals surface area (Å²) < 4.78 is 0. The molecular weight excluding hydrogens is 354 g/mol. The summed E-state index contributed by atoms with van der Waals surface area (Å²) in [6.45, 7) is 4.61. The van der Waals surface area contributed by atoms with Gasteiger partial charge in [-0.15, -0.1) is 0 Å². The molecular formula is C27H37NO. The van der Waals surface area contributed by atoms with Crippen molar-refractivity contribution >= 4 is 5.69 Å². The number of hydrogen-bond acceptors (Lipinski definition) is 2. The number of phenols is 1. The molecule has 0 aromatic heterocycles. The van der Waals surface area contributed by atoms with Gasteiger partial charge in [0.05, 0.1) is 0 Å². The van der Waals surface area contributed by atoms with Crippen LogP contribution in [0.3, 0.4) is 0 Å². The van der Waals surface area contributed by atoms with Crippen molar-refractivity contribution in [3.8, 4) is 5.75 Å². The Kier molecular flexibility index (Phi) is 5.90. The fourth-order valence-electron chi connectivity index (χ4n) is 5.58. The lowest BCUT2D eigenvalue weighted by atomic mass is 9.74. The first-order valence-electron chi connectivity index (χ1n) is 11.7. The normalized spacial score (nSPS) is 19.4. The first-order valence-corrected chi connectivity index (χ1v) is 11.7. The number of anilines is 1. The monoisotopic (exact) mass is 391 g/mol. The molecule has 0 atom stereocenters. The van der Waals surface area contributed by atoms with Gasteiger partial charge in [-0.2, -0.15) is 0 Å². The molecule has 0 radical (unpaired) electrons. The molecule has 2 nitrogen and oxygen atoms in total. The summed E-state index contributed by atoms with van der Waals surface area (Å²) in [6.07, 6.45) is 12.8. The maximum atomic E-state index is 10.6.